The van der Waals surface area contributed by atoms with E-state index in [0.717, 1.165) is 17.9 Å². The highest BCUT2D eigenvalue weighted by Crippen LogP contribution is 2.31. The van der Waals surface area contributed by atoms with Crippen LogP contribution in [0.25, 0.3) is 0 Å². The van der Waals surface area contributed by atoms with Gasteiger partial charge in [-0.3, -0.25) is 4.79 Å². The van der Waals surface area contributed by atoms with Gasteiger partial charge in [0.1, 0.15) is 6.04 Å². The first-order chi connectivity index (χ1) is 9.11. The number of aryl methyl sites for hydroxylation is 1. The third-order valence-electron chi connectivity index (χ3n) is 2.84. The van der Waals surface area contributed by atoms with E-state index in [-0.39, 0.29) is 5.91 Å². The fraction of sp³-hybridized carbons (Fsp3) is 0.538. The van der Waals surface area contributed by atoms with Gasteiger partial charge in [0, 0.05) is 10.6 Å². The largest absolute Gasteiger partial charge is 0.464 e. The van der Waals surface area contributed by atoms with Crippen LogP contribution in [0.1, 0.15) is 34.0 Å². The minimum Gasteiger partial charge on any atom is -0.464 e. The number of esters is 1. The second-order valence-electron chi connectivity index (χ2n) is 4.31. The molecule has 0 aromatic carbocycles. The van der Waals surface area contributed by atoms with Crippen molar-refractivity contribution >= 4 is 35.0 Å². The van der Waals surface area contributed by atoms with Crippen LogP contribution in [0.15, 0.2) is 6.07 Å². The molecule has 19 heavy (non-hydrogen) atoms. The standard InChI is InChI=1S/C13H17NO3S2/c1-3-17-13(16)8(2)14-12(15)11-6-9-7-18-5-4-10(9)19-11/h6,8H,3-5,7H2,1-2H3,(H,14,15). The van der Waals surface area contributed by atoms with Gasteiger partial charge in [-0.25, -0.2) is 4.79 Å². The molecule has 0 aliphatic carbocycles. The molecular formula is C13H17NO3S2. The summed E-state index contributed by atoms with van der Waals surface area (Å²) in [6.07, 6.45) is 1.03. The summed E-state index contributed by atoms with van der Waals surface area (Å²) in [5, 5.41) is 2.68. The first-order valence-electron chi connectivity index (χ1n) is 6.28. The van der Waals surface area contributed by atoms with E-state index in [9.17, 15) is 9.59 Å². The SMILES string of the molecule is CCOC(=O)C(C)NC(=O)c1cc2c(s1)CCSC2. The number of carbonyl (C=O) groups excluding carboxylic acids is 2. The van der Waals surface area contributed by atoms with Gasteiger partial charge in [0.15, 0.2) is 0 Å². The molecule has 1 unspecified atom stereocenters. The molecule has 0 saturated heterocycles. The summed E-state index contributed by atoms with van der Waals surface area (Å²) in [6.45, 7) is 3.71. The Balaban J connectivity index is 2.00. The van der Waals surface area contributed by atoms with Crippen LogP contribution < -0.4 is 5.32 Å². The maximum atomic E-state index is 12.1. The third-order valence-corrected chi connectivity index (χ3v) is 5.08. The van der Waals surface area contributed by atoms with Gasteiger partial charge in [-0.15, -0.1) is 11.3 Å². The molecule has 0 spiro atoms. The zero-order chi connectivity index (χ0) is 13.8. The molecule has 1 amide bonds. The minimum atomic E-state index is -0.610. The molecule has 2 heterocycles. The Hall–Kier alpha value is -1.01. The summed E-state index contributed by atoms with van der Waals surface area (Å²) in [5.74, 6) is 1.51. The first kappa shape index (κ1) is 14.4. The van der Waals surface area contributed by atoms with Crippen LogP contribution in [0, 0.1) is 0 Å². The Kier molecular flexibility index (Phi) is 4.87. The van der Waals surface area contributed by atoms with E-state index in [1.54, 1.807) is 13.8 Å². The van der Waals surface area contributed by atoms with Crippen LogP contribution in [0.2, 0.25) is 0 Å². The van der Waals surface area contributed by atoms with E-state index in [2.05, 4.69) is 5.32 Å². The van der Waals surface area contributed by atoms with Crippen molar-refractivity contribution in [3.05, 3.63) is 21.4 Å². The fourth-order valence-corrected chi connectivity index (χ4v) is 4.13. The number of thiophene rings is 1. The summed E-state index contributed by atoms with van der Waals surface area (Å²) >= 11 is 3.42. The Bertz CT molecular complexity index is 461. The number of ether oxygens (including phenoxy) is 1. The van der Waals surface area contributed by atoms with Crippen LogP contribution in [0.5, 0.6) is 0 Å². The van der Waals surface area contributed by atoms with Gasteiger partial charge in [0.05, 0.1) is 11.5 Å². The monoisotopic (exact) mass is 299 g/mol. The van der Waals surface area contributed by atoms with E-state index in [1.165, 1.54) is 21.8 Å². The summed E-state index contributed by atoms with van der Waals surface area (Å²) in [4.78, 5) is 25.5. The van der Waals surface area contributed by atoms with E-state index >= 15 is 0 Å². The van der Waals surface area contributed by atoms with Crippen molar-refractivity contribution in [3.8, 4) is 0 Å². The van der Waals surface area contributed by atoms with E-state index in [1.807, 2.05) is 17.8 Å². The van der Waals surface area contributed by atoms with Crippen molar-refractivity contribution in [2.24, 2.45) is 0 Å². The number of carbonyl (C=O) groups is 2. The number of fused-ring (bicyclic) bond motifs is 1. The molecule has 0 bridgehead atoms. The number of nitrogens with one attached hydrogen (secondary N) is 1. The molecule has 0 saturated carbocycles. The van der Waals surface area contributed by atoms with Crippen LogP contribution in [0.4, 0.5) is 0 Å². The molecule has 2 rings (SSSR count). The van der Waals surface area contributed by atoms with Gasteiger partial charge in [-0.05, 0) is 37.7 Å². The highest BCUT2D eigenvalue weighted by atomic mass is 32.2. The topological polar surface area (TPSA) is 55.4 Å². The molecule has 1 aromatic heterocycles. The number of thioether (sulfide) groups is 1. The lowest BCUT2D eigenvalue weighted by Crippen LogP contribution is -2.39. The van der Waals surface area contributed by atoms with Gasteiger partial charge in [0.25, 0.3) is 5.91 Å². The molecule has 0 fully saturated rings. The van der Waals surface area contributed by atoms with Gasteiger partial charge in [-0.1, -0.05) is 0 Å². The molecule has 104 valence electrons. The second-order valence-corrected chi connectivity index (χ2v) is 6.55. The van der Waals surface area contributed by atoms with Gasteiger partial charge >= 0.3 is 5.97 Å². The lowest BCUT2D eigenvalue weighted by molar-refractivity contribution is -0.144. The van der Waals surface area contributed by atoms with E-state index in [4.69, 9.17) is 4.74 Å². The number of amides is 1. The average molecular weight is 299 g/mol. The molecule has 1 aromatic rings. The van der Waals surface area contributed by atoms with E-state index in [0.29, 0.717) is 11.5 Å². The lowest BCUT2D eigenvalue weighted by atomic mass is 10.2. The maximum Gasteiger partial charge on any atom is 0.328 e. The fourth-order valence-electron chi connectivity index (χ4n) is 1.85. The molecule has 4 nitrogen and oxygen atoms in total. The maximum absolute atomic E-state index is 12.1. The quantitative estimate of drug-likeness (QED) is 0.866. The molecule has 6 heteroatoms. The predicted octanol–water partition coefficient (Wildman–Crippen LogP) is 2.22. The molecule has 1 aliphatic heterocycles. The highest BCUT2D eigenvalue weighted by molar-refractivity contribution is 7.98. The van der Waals surface area contributed by atoms with Crippen LogP contribution in [-0.4, -0.2) is 30.3 Å². The van der Waals surface area contributed by atoms with Crippen LogP contribution in [-0.2, 0) is 21.7 Å². The van der Waals surface area contributed by atoms with E-state index < -0.39 is 12.0 Å². The van der Waals surface area contributed by atoms with Crippen LogP contribution in [0.3, 0.4) is 0 Å². The van der Waals surface area contributed by atoms with Crippen molar-refractivity contribution in [2.45, 2.75) is 32.1 Å². The normalized spacial score (nSPS) is 15.5. The van der Waals surface area contributed by atoms with Crippen molar-refractivity contribution in [1.82, 2.24) is 5.32 Å². The first-order valence-corrected chi connectivity index (χ1v) is 8.25. The van der Waals surface area contributed by atoms with Crippen molar-refractivity contribution < 1.29 is 14.3 Å². The number of rotatable bonds is 4. The summed E-state index contributed by atoms with van der Waals surface area (Å²) in [5.41, 5.74) is 1.26. The number of hydrogen-bond donors (Lipinski definition) is 1. The summed E-state index contributed by atoms with van der Waals surface area (Å²) in [7, 11) is 0. The van der Waals surface area contributed by atoms with Crippen molar-refractivity contribution in [3.63, 3.8) is 0 Å². The zero-order valence-electron chi connectivity index (χ0n) is 11.0. The summed E-state index contributed by atoms with van der Waals surface area (Å²) in [6, 6.07) is 1.33. The molecular weight excluding hydrogens is 282 g/mol. The second kappa shape index (κ2) is 6.43. The molecule has 1 N–H and O–H groups in total. The van der Waals surface area contributed by atoms with Gasteiger partial charge in [-0.2, -0.15) is 11.8 Å². The Morgan fingerprint density at radius 2 is 2.32 bits per heavy atom. The Labute approximate surface area is 120 Å². The van der Waals surface area contributed by atoms with Crippen LogP contribution >= 0.6 is 23.1 Å². The Morgan fingerprint density at radius 1 is 1.53 bits per heavy atom. The summed E-state index contributed by atoms with van der Waals surface area (Å²) < 4.78 is 4.87. The smallest absolute Gasteiger partial charge is 0.328 e. The van der Waals surface area contributed by atoms with Crippen molar-refractivity contribution in [1.29, 1.82) is 0 Å². The van der Waals surface area contributed by atoms with Gasteiger partial charge in [0.2, 0.25) is 0 Å². The third kappa shape index (κ3) is 3.51. The highest BCUT2D eigenvalue weighted by Gasteiger charge is 2.21. The number of hydrogen-bond acceptors (Lipinski definition) is 5. The average Bonchev–Trinajstić information content (AvgIpc) is 2.82. The minimum absolute atomic E-state index is 0.190. The molecule has 1 atom stereocenters. The van der Waals surface area contributed by atoms with Crippen molar-refractivity contribution in [2.75, 3.05) is 12.4 Å². The Morgan fingerprint density at radius 3 is 3.00 bits per heavy atom. The lowest BCUT2D eigenvalue weighted by Gasteiger charge is -2.11. The molecule has 0 radical (unpaired) electrons. The molecule has 1 aliphatic rings. The predicted molar refractivity (Wildman–Crippen MR) is 77.7 cm³/mol. The zero-order valence-corrected chi connectivity index (χ0v) is 12.7. The van der Waals surface area contributed by atoms with Gasteiger partial charge < -0.3 is 10.1 Å².